The molecule has 0 saturated carbocycles. The van der Waals surface area contributed by atoms with Crippen molar-refractivity contribution in [1.82, 2.24) is 15.3 Å². The van der Waals surface area contributed by atoms with E-state index < -0.39 is 11.9 Å². The van der Waals surface area contributed by atoms with Crippen LogP contribution in [0.25, 0.3) is 0 Å². The fraction of sp³-hybridized carbons (Fsp3) is 0.636. The van der Waals surface area contributed by atoms with Gasteiger partial charge in [0.15, 0.2) is 5.69 Å². The van der Waals surface area contributed by atoms with Crippen LogP contribution in [0.3, 0.4) is 0 Å². The largest absolute Gasteiger partial charge is 0.463 e. The molecule has 0 aliphatic carbocycles. The number of aromatic nitrogens is 2. The molecule has 4 nitrogen and oxygen atoms in total. The average molecular weight is 261 g/mol. The highest BCUT2D eigenvalue weighted by Crippen LogP contribution is 2.27. The molecule has 1 fully saturated rings. The first-order valence-corrected chi connectivity index (χ1v) is 5.79. The predicted octanol–water partition coefficient (Wildman–Crippen LogP) is 1.87. The molecule has 0 aromatic carbocycles. The van der Waals surface area contributed by atoms with Crippen LogP contribution >= 0.6 is 0 Å². The van der Waals surface area contributed by atoms with Crippen LogP contribution in [0.4, 0.5) is 13.2 Å². The number of halogens is 3. The summed E-state index contributed by atoms with van der Waals surface area (Å²) in [6, 6.07) is 0.616. The Morgan fingerprint density at radius 3 is 2.94 bits per heavy atom. The summed E-state index contributed by atoms with van der Waals surface area (Å²) in [5, 5.41) is 3.21. The number of ether oxygens (including phenoxy) is 1. The number of nitrogens with one attached hydrogen (secondary N) is 1. The average Bonchev–Trinajstić information content (AvgIpc) is 2.37. The molecule has 1 aliphatic heterocycles. The SMILES string of the molecule is FC(F)(F)c1ccnc(OCC2CCCNC2)n1. The van der Waals surface area contributed by atoms with Gasteiger partial charge in [-0.05, 0) is 25.5 Å². The monoisotopic (exact) mass is 261 g/mol. The Morgan fingerprint density at radius 1 is 1.44 bits per heavy atom. The lowest BCUT2D eigenvalue weighted by Crippen LogP contribution is -2.33. The molecule has 2 heterocycles. The van der Waals surface area contributed by atoms with Gasteiger partial charge in [0, 0.05) is 18.7 Å². The van der Waals surface area contributed by atoms with Crippen molar-refractivity contribution in [3.8, 4) is 6.01 Å². The number of piperidine rings is 1. The molecule has 1 aromatic heterocycles. The minimum atomic E-state index is -4.46. The van der Waals surface area contributed by atoms with Crippen LogP contribution in [0.2, 0.25) is 0 Å². The number of hydrogen-bond acceptors (Lipinski definition) is 4. The molecular formula is C11H14F3N3O. The standard InChI is InChI=1S/C11H14F3N3O/c12-11(13,14)9-3-5-16-10(17-9)18-7-8-2-1-4-15-6-8/h3,5,8,15H,1-2,4,6-7H2. The van der Waals surface area contributed by atoms with Crippen LogP contribution in [0.15, 0.2) is 12.3 Å². The summed E-state index contributed by atoms with van der Waals surface area (Å²) in [6.45, 7) is 2.14. The number of hydrogen-bond donors (Lipinski definition) is 1. The first-order chi connectivity index (χ1) is 8.55. The van der Waals surface area contributed by atoms with Gasteiger partial charge in [-0.1, -0.05) is 0 Å². The fourth-order valence-corrected chi connectivity index (χ4v) is 1.83. The summed E-state index contributed by atoms with van der Waals surface area (Å²) >= 11 is 0. The van der Waals surface area contributed by atoms with E-state index in [-0.39, 0.29) is 6.01 Å². The number of alkyl halides is 3. The van der Waals surface area contributed by atoms with Crippen LogP contribution in [-0.2, 0) is 6.18 Å². The van der Waals surface area contributed by atoms with Gasteiger partial charge in [0.1, 0.15) is 0 Å². The van der Waals surface area contributed by atoms with E-state index in [1.807, 2.05) is 0 Å². The Kier molecular flexibility index (Phi) is 4.00. The van der Waals surface area contributed by atoms with Crippen molar-refractivity contribution in [3.63, 3.8) is 0 Å². The Balaban J connectivity index is 1.92. The third-order valence-corrected chi connectivity index (χ3v) is 2.77. The highest BCUT2D eigenvalue weighted by molar-refractivity contribution is 5.08. The Labute approximate surface area is 103 Å². The maximum atomic E-state index is 12.4. The second-order valence-electron chi connectivity index (χ2n) is 4.25. The van der Waals surface area contributed by atoms with E-state index >= 15 is 0 Å². The summed E-state index contributed by atoms with van der Waals surface area (Å²) in [5.41, 5.74) is -0.978. The highest BCUT2D eigenvalue weighted by atomic mass is 19.4. The molecule has 0 amide bonds. The second-order valence-corrected chi connectivity index (χ2v) is 4.25. The normalized spacial score (nSPS) is 20.7. The van der Waals surface area contributed by atoms with Gasteiger partial charge in [-0.2, -0.15) is 18.2 Å². The molecule has 0 bridgehead atoms. The predicted molar refractivity (Wildman–Crippen MR) is 58.1 cm³/mol. The molecule has 1 atom stereocenters. The number of nitrogens with zero attached hydrogens (tertiary/aromatic N) is 2. The first-order valence-electron chi connectivity index (χ1n) is 5.79. The molecular weight excluding hydrogens is 247 g/mol. The molecule has 0 spiro atoms. The van der Waals surface area contributed by atoms with E-state index in [1.165, 1.54) is 0 Å². The summed E-state index contributed by atoms with van der Waals surface area (Å²) in [6.07, 6.45) is -1.35. The first kappa shape index (κ1) is 13.1. The Hall–Kier alpha value is -1.37. The maximum Gasteiger partial charge on any atom is 0.433 e. The zero-order valence-corrected chi connectivity index (χ0v) is 9.70. The molecule has 1 unspecified atom stereocenters. The van der Waals surface area contributed by atoms with E-state index in [0.29, 0.717) is 12.5 Å². The minimum absolute atomic E-state index is 0.213. The van der Waals surface area contributed by atoms with Crippen molar-refractivity contribution in [3.05, 3.63) is 18.0 Å². The quantitative estimate of drug-likeness (QED) is 0.902. The van der Waals surface area contributed by atoms with Gasteiger partial charge in [-0.15, -0.1) is 0 Å². The van der Waals surface area contributed by atoms with Gasteiger partial charge in [0.25, 0.3) is 0 Å². The molecule has 1 aliphatic rings. The van der Waals surface area contributed by atoms with Crippen LogP contribution in [-0.4, -0.2) is 29.7 Å². The third-order valence-electron chi connectivity index (χ3n) is 2.77. The van der Waals surface area contributed by atoms with E-state index in [4.69, 9.17) is 4.74 Å². The fourth-order valence-electron chi connectivity index (χ4n) is 1.83. The molecule has 100 valence electrons. The van der Waals surface area contributed by atoms with Crippen LogP contribution < -0.4 is 10.1 Å². The summed E-state index contributed by atoms with van der Waals surface area (Å²) < 4.78 is 42.4. The molecule has 1 N–H and O–H groups in total. The lowest BCUT2D eigenvalue weighted by molar-refractivity contribution is -0.141. The topological polar surface area (TPSA) is 47.0 Å². The van der Waals surface area contributed by atoms with Gasteiger partial charge in [0.2, 0.25) is 0 Å². The molecule has 1 saturated heterocycles. The van der Waals surface area contributed by atoms with Crippen molar-refractivity contribution < 1.29 is 17.9 Å². The van der Waals surface area contributed by atoms with Crippen molar-refractivity contribution in [2.45, 2.75) is 19.0 Å². The van der Waals surface area contributed by atoms with Crippen LogP contribution in [0.5, 0.6) is 6.01 Å². The lowest BCUT2D eigenvalue weighted by atomic mass is 10.0. The molecule has 0 radical (unpaired) electrons. The number of rotatable bonds is 3. The van der Waals surface area contributed by atoms with Crippen molar-refractivity contribution >= 4 is 0 Å². The van der Waals surface area contributed by atoms with Gasteiger partial charge < -0.3 is 10.1 Å². The molecule has 2 rings (SSSR count). The zero-order chi connectivity index (χ0) is 13.0. The zero-order valence-electron chi connectivity index (χ0n) is 9.70. The minimum Gasteiger partial charge on any atom is -0.463 e. The van der Waals surface area contributed by atoms with E-state index in [0.717, 1.165) is 38.2 Å². The third kappa shape index (κ3) is 3.56. The van der Waals surface area contributed by atoms with Gasteiger partial charge in [-0.25, -0.2) is 4.98 Å². The summed E-state index contributed by atoms with van der Waals surface area (Å²) in [7, 11) is 0. The van der Waals surface area contributed by atoms with Crippen LogP contribution in [0, 0.1) is 5.92 Å². The molecule has 7 heteroatoms. The highest BCUT2D eigenvalue weighted by Gasteiger charge is 2.33. The second kappa shape index (κ2) is 5.51. The van der Waals surface area contributed by atoms with Crippen molar-refractivity contribution in [2.24, 2.45) is 5.92 Å². The van der Waals surface area contributed by atoms with Gasteiger partial charge in [-0.3, -0.25) is 0 Å². The van der Waals surface area contributed by atoms with E-state index in [1.54, 1.807) is 0 Å². The van der Waals surface area contributed by atoms with E-state index in [9.17, 15) is 13.2 Å². The van der Waals surface area contributed by atoms with Crippen molar-refractivity contribution in [1.29, 1.82) is 0 Å². The van der Waals surface area contributed by atoms with E-state index in [2.05, 4.69) is 15.3 Å². The Bertz CT molecular complexity index is 391. The maximum absolute atomic E-state index is 12.4. The lowest BCUT2D eigenvalue weighted by Gasteiger charge is -2.22. The molecule has 18 heavy (non-hydrogen) atoms. The van der Waals surface area contributed by atoms with Crippen molar-refractivity contribution in [2.75, 3.05) is 19.7 Å². The smallest absolute Gasteiger partial charge is 0.433 e. The molecule has 1 aromatic rings. The van der Waals surface area contributed by atoms with Crippen LogP contribution in [0.1, 0.15) is 18.5 Å². The summed E-state index contributed by atoms with van der Waals surface area (Å²) in [5.74, 6) is 0.303. The van der Waals surface area contributed by atoms with Gasteiger partial charge in [0.05, 0.1) is 6.61 Å². The summed E-state index contributed by atoms with van der Waals surface area (Å²) in [4.78, 5) is 7.03. The Morgan fingerprint density at radius 2 is 2.28 bits per heavy atom. The van der Waals surface area contributed by atoms with Gasteiger partial charge >= 0.3 is 12.2 Å².